The van der Waals surface area contributed by atoms with Crippen LogP contribution in [0.1, 0.15) is 49.9 Å². The van der Waals surface area contributed by atoms with Crippen LogP contribution in [-0.4, -0.2) is 83.9 Å². The summed E-state index contributed by atoms with van der Waals surface area (Å²) < 4.78 is 19.0. The highest BCUT2D eigenvalue weighted by molar-refractivity contribution is 6.03. The zero-order valence-electron chi connectivity index (χ0n) is 22.7. The molecule has 1 atom stereocenters. The molecular weight excluding hydrogens is 485 g/mol. The molecule has 4 rings (SSSR count). The summed E-state index contributed by atoms with van der Waals surface area (Å²) in [6.07, 6.45) is 0.502. The second-order valence-electron chi connectivity index (χ2n) is 11.0. The smallest absolute Gasteiger partial charge is 0.318 e. The van der Waals surface area contributed by atoms with Crippen molar-refractivity contribution in [3.63, 3.8) is 0 Å². The van der Waals surface area contributed by atoms with Gasteiger partial charge in [-0.05, 0) is 51.0 Å². The van der Waals surface area contributed by atoms with Crippen LogP contribution in [0.4, 0.5) is 9.18 Å². The molecule has 0 unspecified atom stereocenters. The first-order chi connectivity index (χ1) is 18.1. The van der Waals surface area contributed by atoms with Gasteiger partial charge in [-0.3, -0.25) is 9.69 Å². The zero-order valence-corrected chi connectivity index (χ0v) is 22.7. The fourth-order valence-electron chi connectivity index (χ4n) is 4.58. The van der Waals surface area contributed by atoms with E-state index < -0.39 is 5.54 Å². The van der Waals surface area contributed by atoms with Crippen molar-refractivity contribution < 1.29 is 18.7 Å². The highest BCUT2D eigenvalue weighted by atomic mass is 19.1. The van der Waals surface area contributed by atoms with Crippen LogP contribution >= 0.6 is 0 Å². The average Bonchev–Trinajstić information content (AvgIpc) is 3.32. The number of nitrogens with zero attached hydrogens (tertiary/aromatic N) is 4. The van der Waals surface area contributed by atoms with E-state index in [1.807, 2.05) is 52.0 Å². The van der Waals surface area contributed by atoms with E-state index in [1.165, 1.54) is 17.1 Å². The number of carbonyl (C=O) groups excluding carboxylic acids is 2. The van der Waals surface area contributed by atoms with Gasteiger partial charge in [0.1, 0.15) is 12.4 Å². The van der Waals surface area contributed by atoms with Gasteiger partial charge in [-0.1, -0.05) is 42.0 Å². The number of hydrogen-bond donors (Lipinski definition) is 1. The molecule has 8 nitrogen and oxygen atoms in total. The number of rotatable bonds is 7. The van der Waals surface area contributed by atoms with E-state index >= 15 is 0 Å². The van der Waals surface area contributed by atoms with E-state index in [0.29, 0.717) is 38.4 Å². The molecule has 2 aliphatic rings. The van der Waals surface area contributed by atoms with E-state index in [9.17, 15) is 14.0 Å². The number of ether oxygens (including phenoxy) is 1. The predicted octanol–water partition coefficient (Wildman–Crippen LogP) is 3.95. The summed E-state index contributed by atoms with van der Waals surface area (Å²) in [5, 5.41) is 9.19. The Morgan fingerprint density at radius 3 is 2.37 bits per heavy atom. The van der Waals surface area contributed by atoms with E-state index in [0.717, 1.165) is 29.8 Å². The number of hydrogen-bond acceptors (Lipinski definition) is 5. The first kappa shape index (κ1) is 27.7. The number of halogens is 1. The molecule has 0 bridgehead atoms. The SMILES string of the molecule is Cc1ccc([C@@H]2CC(c3ccc(F)cc3)=NN2C(=O)CN(CCN2CCOCC2)C(=O)NC(C)(C)C)cc1. The Labute approximate surface area is 224 Å². The van der Waals surface area contributed by atoms with Crippen molar-refractivity contribution in [1.29, 1.82) is 0 Å². The molecule has 2 heterocycles. The summed E-state index contributed by atoms with van der Waals surface area (Å²) in [6.45, 7) is 11.7. The summed E-state index contributed by atoms with van der Waals surface area (Å²) in [5.41, 5.74) is 3.13. The Bertz CT molecular complexity index is 1140. The maximum Gasteiger partial charge on any atom is 0.318 e. The quantitative estimate of drug-likeness (QED) is 0.596. The first-order valence-corrected chi connectivity index (χ1v) is 13.2. The molecule has 38 heavy (non-hydrogen) atoms. The second-order valence-corrected chi connectivity index (χ2v) is 11.0. The summed E-state index contributed by atoms with van der Waals surface area (Å²) in [7, 11) is 0. The van der Waals surface area contributed by atoms with Gasteiger partial charge in [-0.2, -0.15) is 5.10 Å². The molecule has 0 aromatic heterocycles. The maximum absolute atomic E-state index is 13.8. The molecule has 0 aliphatic carbocycles. The normalized spacial score (nSPS) is 18.3. The average molecular weight is 524 g/mol. The van der Waals surface area contributed by atoms with Crippen molar-refractivity contribution in [2.45, 2.75) is 45.7 Å². The van der Waals surface area contributed by atoms with Gasteiger partial charge in [-0.25, -0.2) is 14.2 Å². The molecule has 2 aliphatic heterocycles. The number of nitrogens with one attached hydrogen (secondary N) is 1. The molecular formula is C29H38FN5O3. The number of amides is 3. The lowest BCUT2D eigenvalue weighted by molar-refractivity contribution is -0.133. The van der Waals surface area contributed by atoms with Crippen molar-refractivity contribution in [2.24, 2.45) is 5.10 Å². The Balaban J connectivity index is 1.56. The monoisotopic (exact) mass is 523 g/mol. The molecule has 2 aromatic carbocycles. The first-order valence-electron chi connectivity index (χ1n) is 13.2. The van der Waals surface area contributed by atoms with Crippen LogP contribution < -0.4 is 5.32 Å². The van der Waals surface area contributed by atoms with Crippen LogP contribution in [0.25, 0.3) is 0 Å². The fraction of sp³-hybridized carbons (Fsp3) is 0.483. The molecule has 0 spiro atoms. The van der Waals surface area contributed by atoms with Crippen molar-refractivity contribution in [2.75, 3.05) is 45.9 Å². The Morgan fingerprint density at radius 2 is 1.74 bits per heavy atom. The van der Waals surface area contributed by atoms with E-state index in [1.54, 1.807) is 17.0 Å². The summed E-state index contributed by atoms with van der Waals surface area (Å²) in [4.78, 5) is 30.8. The van der Waals surface area contributed by atoms with Gasteiger partial charge < -0.3 is 15.0 Å². The maximum atomic E-state index is 13.8. The Morgan fingerprint density at radius 1 is 1.08 bits per heavy atom. The minimum atomic E-state index is -0.441. The Hall–Kier alpha value is -3.30. The van der Waals surface area contributed by atoms with E-state index in [2.05, 4.69) is 10.2 Å². The number of benzene rings is 2. The number of morpholine rings is 1. The minimum Gasteiger partial charge on any atom is -0.379 e. The highest BCUT2D eigenvalue weighted by Gasteiger charge is 2.35. The lowest BCUT2D eigenvalue weighted by Crippen LogP contribution is -2.53. The van der Waals surface area contributed by atoms with Crippen molar-refractivity contribution in [3.8, 4) is 0 Å². The van der Waals surface area contributed by atoms with Gasteiger partial charge in [0.05, 0.1) is 25.0 Å². The van der Waals surface area contributed by atoms with Gasteiger partial charge in [0.15, 0.2) is 0 Å². The van der Waals surface area contributed by atoms with Gasteiger partial charge in [0, 0.05) is 38.1 Å². The topological polar surface area (TPSA) is 77.5 Å². The lowest BCUT2D eigenvalue weighted by atomic mass is 9.97. The molecule has 1 saturated heterocycles. The summed E-state index contributed by atoms with van der Waals surface area (Å²) in [6, 6.07) is 13.6. The molecule has 0 saturated carbocycles. The second kappa shape index (κ2) is 12.0. The predicted molar refractivity (Wildman–Crippen MR) is 145 cm³/mol. The third kappa shape index (κ3) is 7.39. The van der Waals surface area contributed by atoms with Crippen molar-refractivity contribution in [3.05, 3.63) is 71.0 Å². The number of carbonyl (C=O) groups is 2. The van der Waals surface area contributed by atoms with Crippen molar-refractivity contribution >= 4 is 17.6 Å². The van der Waals surface area contributed by atoms with Gasteiger partial charge in [-0.15, -0.1) is 0 Å². The van der Waals surface area contributed by atoms with Crippen LogP contribution in [0.15, 0.2) is 53.6 Å². The number of hydrazone groups is 1. The molecule has 9 heteroatoms. The van der Waals surface area contributed by atoms with E-state index in [-0.39, 0.29) is 30.3 Å². The van der Waals surface area contributed by atoms with Crippen LogP contribution in [0.3, 0.4) is 0 Å². The fourth-order valence-corrected chi connectivity index (χ4v) is 4.58. The highest BCUT2D eigenvalue weighted by Crippen LogP contribution is 2.33. The van der Waals surface area contributed by atoms with Crippen molar-refractivity contribution in [1.82, 2.24) is 20.1 Å². The van der Waals surface area contributed by atoms with Gasteiger partial charge in [0.2, 0.25) is 0 Å². The lowest BCUT2D eigenvalue weighted by Gasteiger charge is -2.32. The van der Waals surface area contributed by atoms with Gasteiger partial charge >= 0.3 is 6.03 Å². The minimum absolute atomic E-state index is 0.102. The number of aryl methyl sites for hydroxylation is 1. The molecule has 1 fully saturated rings. The molecule has 3 amide bonds. The largest absolute Gasteiger partial charge is 0.379 e. The van der Waals surface area contributed by atoms with Crippen LogP contribution in [0.5, 0.6) is 0 Å². The molecule has 0 radical (unpaired) electrons. The number of urea groups is 1. The standard InChI is InChI=1S/C29H38FN5O3/c1-21-5-7-23(8-6-21)26-19-25(22-9-11-24(30)12-10-22)32-35(26)27(36)20-34(28(37)31-29(2,3)4)14-13-33-15-17-38-18-16-33/h5-12,26H,13-20H2,1-4H3,(H,31,37)/t26-/m0/s1. The third-order valence-electron chi connectivity index (χ3n) is 6.69. The zero-order chi connectivity index (χ0) is 27.3. The van der Waals surface area contributed by atoms with Crippen LogP contribution in [-0.2, 0) is 9.53 Å². The molecule has 204 valence electrons. The molecule has 1 N–H and O–H groups in total. The van der Waals surface area contributed by atoms with Crippen LogP contribution in [0, 0.1) is 12.7 Å². The molecule has 2 aromatic rings. The van der Waals surface area contributed by atoms with E-state index in [4.69, 9.17) is 9.84 Å². The van der Waals surface area contributed by atoms with Crippen LogP contribution in [0.2, 0.25) is 0 Å². The summed E-state index contributed by atoms with van der Waals surface area (Å²) >= 11 is 0. The van der Waals surface area contributed by atoms with Gasteiger partial charge in [0.25, 0.3) is 5.91 Å². The summed E-state index contributed by atoms with van der Waals surface area (Å²) in [5.74, 6) is -0.588. The Kier molecular flexibility index (Phi) is 8.79. The third-order valence-corrected chi connectivity index (χ3v) is 6.69.